The Bertz CT molecular complexity index is 1740. The van der Waals surface area contributed by atoms with Crippen molar-refractivity contribution in [2.75, 3.05) is 24.5 Å². The molecule has 5 aromatic rings. The summed E-state index contributed by atoms with van der Waals surface area (Å²) in [5.74, 6) is 0.169. The van der Waals surface area contributed by atoms with E-state index in [-0.39, 0.29) is 17.9 Å². The van der Waals surface area contributed by atoms with Crippen LogP contribution < -0.4 is 15.5 Å². The van der Waals surface area contributed by atoms with Crippen LogP contribution in [0, 0.1) is 5.82 Å². The molecule has 5 heterocycles. The molecule has 6 rings (SSSR count). The van der Waals surface area contributed by atoms with Crippen molar-refractivity contribution in [3.05, 3.63) is 72.0 Å². The molecule has 1 saturated heterocycles. The lowest BCUT2D eigenvalue weighted by molar-refractivity contribution is 0.0906. The maximum Gasteiger partial charge on any atom is 0.315 e. The second-order valence-electron chi connectivity index (χ2n) is 11.5. The Morgan fingerprint density at radius 3 is 2.69 bits per heavy atom. The first-order chi connectivity index (χ1) is 20.2. The second-order valence-corrected chi connectivity index (χ2v) is 11.5. The van der Waals surface area contributed by atoms with Gasteiger partial charge in [-0.1, -0.05) is 38.1 Å². The van der Waals surface area contributed by atoms with E-state index >= 15 is 4.39 Å². The van der Waals surface area contributed by atoms with Gasteiger partial charge in [-0.3, -0.25) is 4.79 Å². The van der Waals surface area contributed by atoms with Crippen molar-refractivity contribution in [1.82, 2.24) is 40.7 Å². The van der Waals surface area contributed by atoms with Crippen molar-refractivity contribution in [3.8, 4) is 22.5 Å². The predicted octanol–water partition coefficient (Wildman–Crippen LogP) is 4.23. The number of aromatic nitrogens is 6. The maximum atomic E-state index is 15.2. The van der Waals surface area contributed by atoms with Crippen LogP contribution in [0.5, 0.6) is 0 Å². The molecule has 1 aliphatic rings. The van der Waals surface area contributed by atoms with Crippen LogP contribution in [0.4, 0.5) is 10.2 Å². The number of hydrogen-bond donors (Lipinski definition) is 3. The molecule has 11 nitrogen and oxygen atoms in total. The summed E-state index contributed by atoms with van der Waals surface area (Å²) >= 11 is 0. The van der Waals surface area contributed by atoms with Gasteiger partial charge >= 0.3 is 11.8 Å². The quantitative estimate of drug-likeness (QED) is 0.274. The van der Waals surface area contributed by atoms with Crippen LogP contribution in [-0.2, 0) is 12.0 Å². The van der Waals surface area contributed by atoms with Gasteiger partial charge in [-0.25, -0.2) is 19.3 Å². The van der Waals surface area contributed by atoms with Crippen LogP contribution in [-0.4, -0.2) is 61.7 Å². The fraction of sp³-hybridized carbons (Fsp3) is 0.333. The van der Waals surface area contributed by atoms with Gasteiger partial charge in [-0.15, -0.1) is 0 Å². The molecule has 42 heavy (non-hydrogen) atoms. The summed E-state index contributed by atoms with van der Waals surface area (Å²) in [6.07, 6.45) is 3.30. The third kappa shape index (κ3) is 5.45. The topological polar surface area (TPSA) is 138 Å². The molecular weight excluding hydrogens is 537 g/mol. The fourth-order valence-electron chi connectivity index (χ4n) is 4.93. The van der Waals surface area contributed by atoms with Gasteiger partial charge in [0.05, 0.1) is 5.69 Å². The summed E-state index contributed by atoms with van der Waals surface area (Å²) in [6, 6.07) is 11.2. The number of piperazine rings is 1. The van der Waals surface area contributed by atoms with Gasteiger partial charge in [0, 0.05) is 71.6 Å². The lowest BCUT2D eigenvalue weighted by Crippen LogP contribution is -2.50. The average Bonchev–Trinajstić information content (AvgIpc) is 3.65. The van der Waals surface area contributed by atoms with Crippen LogP contribution in [0.3, 0.4) is 0 Å². The van der Waals surface area contributed by atoms with Crippen molar-refractivity contribution >= 4 is 22.8 Å². The average molecular weight is 570 g/mol. The van der Waals surface area contributed by atoms with Crippen molar-refractivity contribution in [2.24, 2.45) is 0 Å². The number of halogens is 1. The van der Waals surface area contributed by atoms with Gasteiger partial charge in [-0.2, -0.15) is 4.98 Å². The number of anilines is 1. The van der Waals surface area contributed by atoms with E-state index in [1.165, 1.54) is 12.4 Å². The molecule has 1 fully saturated rings. The molecule has 1 aliphatic heterocycles. The Kier molecular flexibility index (Phi) is 7.15. The van der Waals surface area contributed by atoms with Gasteiger partial charge in [0.25, 0.3) is 0 Å². The molecule has 0 bridgehead atoms. The van der Waals surface area contributed by atoms with Gasteiger partial charge in [0.15, 0.2) is 5.82 Å². The minimum atomic E-state index is -0.566. The summed E-state index contributed by atoms with van der Waals surface area (Å²) in [5.41, 5.74) is 3.54. The fourth-order valence-corrected chi connectivity index (χ4v) is 4.93. The Hall–Kier alpha value is -4.71. The van der Waals surface area contributed by atoms with Crippen LogP contribution >= 0.6 is 0 Å². The highest BCUT2D eigenvalue weighted by Gasteiger charge is 2.24. The molecule has 0 spiro atoms. The highest BCUT2D eigenvalue weighted by Crippen LogP contribution is 2.31. The first kappa shape index (κ1) is 27.5. The smallest absolute Gasteiger partial charge is 0.315 e. The van der Waals surface area contributed by atoms with Crippen molar-refractivity contribution in [3.63, 3.8) is 0 Å². The number of aromatic amines is 1. The number of benzene rings is 1. The number of carbonyl (C=O) groups is 1. The predicted molar refractivity (Wildman–Crippen MR) is 156 cm³/mol. The first-order valence-corrected chi connectivity index (χ1v) is 13.9. The van der Waals surface area contributed by atoms with Crippen LogP contribution in [0.1, 0.15) is 49.8 Å². The highest BCUT2D eigenvalue weighted by molar-refractivity contribution is 5.94. The van der Waals surface area contributed by atoms with Crippen molar-refractivity contribution in [2.45, 2.75) is 45.7 Å². The minimum absolute atomic E-state index is 0.0403. The van der Waals surface area contributed by atoms with E-state index in [0.29, 0.717) is 34.3 Å². The molecule has 1 amide bonds. The molecule has 4 aromatic heterocycles. The Morgan fingerprint density at radius 1 is 1.14 bits per heavy atom. The third-order valence-corrected chi connectivity index (χ3v) is 7.34. The number of hydrogen-bond acceptors (Lipinski definition) is 9. The molecular formula is C30H32FN9O2. The highest BCUT2D eigenvalue weighted by atomic mass is 19.1. The largest absolute Gasteiger partial charge is 0.351 e. The molecule has 1 atom stereocenters. The number of carbonyl (C=O) groups excluding carboxylic acids is 1. The number of nitrogens with zero attached hydrogens (tertiary/aromatic N) is 6. The normalized spacial score (nSPS) is 15.7. The molecule has 1 unspecified atom stereocenters. The first-order valence-electron chi connectivity index (χ1n) is 13.9. The number of amides is 1. The third-order valence-electron chi connectivity index (χ3n) is 7.34. The molecule has 0 radical (unpaired) electrons. The van der Waals surface area contributed by atoms with Gasteiger partial charge in [0.1, 0.15) is 23.6 Å². The standard InChI is InChI=1S/C30H32FN9O2/c1-17-13-32-9-10-40(17)24-8-7-20(15-33-24)23-12-21-25(35-16-36-26(21)37-23)18-5-6-19(22(31)11-18)14-34-27(41)28-38-29(39-42-28)30(2,3)4/h5-8,11-12,15-17,32H,9-10,13-14H2,1-4H3,(H,34,41)(H,35,36,37). The van der Waals surface area contributed by atoms with E-state index in [1.54, 1.807) is 12.1 Å². The van der Waals surface area contributed by atoms with Crippen LogP contribution in [0.2, 0.25) is 0 Å². The Balaban J connectivity index is 1.19. The van der Waals surface area contributed by atoms with E-state index in [4.69, 9.17) is 9.51 Å². The molecule has 0 saturated carbocycles. The maximum absolute atomic E-state index is 15.2. The lowest BCUT2D eigenvalue weighted by Gasteiger charge is -2.34. The molecule has 3 N–H and O–H groups in total. The van der Waals surface area contributed by atoms with E-state index in [2.05, 4.69) is 47.5 Å². The van der Waals surface area contributed by atoms with Crippen LogP contribution in [0.15, 0.2) is 53.4 Å². The van der Waals surface area contributed by atoms with E-state index in [9.17, 15) is 4.79 Å². The molecule has 12 heteroatoms. The van der Waals surface area contributed by atoms with Gasteiger partial charge in [0.2, 0.25) is 0 Å². The zero-order chi connectivity index (χ0) is 29.4. The Labute approximate surface area is 242 Å². The molecule has 216 valence electrons. The van der Waals surface area contributed by atoms with Crippen molar-refractivity contribution in [1.29, 1.82) is 0 Å². The summed E-state index contributed by atoms with van der Waals surface area (Å²) in [5, 5.41) is 10.7. The Morgan fingerprint density at radius 2 is 1.98 bits per heavy atom. The van der Waals surface area contributed by atoms with E-state index in [1.807, 2.05) is 45.2 Å². The second kappa shape index (κ2) is 10.9. The zero-order valence-electron chi connectivity index (χ0n) is 23.9. The summed E-state index contributed by atoms with van der Waals surface area (Å²) < 4.78 is 20.2. The number of rotatable bonds is 6. The van der Waals surface area contributed by atoms with Gasteiger partial charge in [-0.05, 0) is 31.2 Å². The summed E-state index contributed by atoms with van der Waals surface area (Å²) in [7, 11) is 0. The van der Waals surface area contributed by atoms with Gasteiger partial charge < -0.3 is 25.0 Å². The van der Waals surface area contributed by atoms with Crippen LogP contribution in [0.25, 0.3) is 33.5 Å². The molecule has 0 aliphatic carbocycles. The zero-order valence-corrected chi connectivity index (χ0v) is 23.9. The monoisotopic (exact) mass is 569 g/mol. The van der Waals surface area contributed by atoms with E-state index < -0.39 is 11.7 Å². The summed E-state index contributed by atoms with van der Waals surface area (Å²) in [4.78, 5) is 35.8. The number of H-pyrrole nitrogens is 1. The van der Waals surface area contributed by atoms with Crippen molar-refractivity contribution < 1.29 is 13.7 Å². The number of nitrogens with one attached hydrogen (secondary N) is 3. The van der Waals surface area contributed by atoms with E-state index in [0.717, 1.165) is 42.1 Å². The number of fused-ring (bicyclic) bond motifs is 1. The lowest BCUT2D eigenvalue weighted by atomic mass is 9.96. The SMILES string of the molecule is CC1CNCCN1c1ccc(-c2cc3c(-c4ccc(CNC(=O)c5nc(C(C)(C)C)no5)c(F)c4)ncnc3[nH]2)cn1. The number of pyridine rings is 1. The molecule has 1 aromatic carbocycles. The minimum Gasteiger partial charge on any atom is -0.351 e. The summed E-state index contributed by atoms with van der Waals surface area (Å²) in [6.45, 7) is 10.7.